The zero-order chi connectivity index (χ0) is 15.0. The summed E-state index contributed by atoms with van der Waals surface area (Å²) in [7, 11) is 3.49. The largest absolute Gasteiger partial charge is 0.481 e. The van der Waals surface area contributed by atoms with Crippen molar-refractivity contribution in [2.75, 3.05) is 14.1 Å². The van der Waals surface area contributed by atoms with Crippen LogP contribution in [-0.2, 0) is 22.6 Å². The first kappa shape index (κ1) is 16.1. The standard InChI is InChI=1S/C13H22N4O3/c1-16(2)12(18)7-5-9-17-10-11(14-15-17)6-3-4-8-13(19)20/h10H,3-9H2,1-2H3,(H,19,20). The van der Waals surface area contributed by atoms with Gasteiger partial charge in [0.2, 0.25) is 5.91 Å². The predicted molar refractivity (Wildman–Crippen MR) is 73.1 cm³/mol. The molecule has 112 valence electrons. The van der Waals surface area contributed by atoms with E-state index in [4.69, 9.17) is 5.11 Å². The van der Waals surface area contributed by atoms with Crippen molar-refractivity contribution in [3.63, 3.8) is 0 Å². The minimum atomic E-state index is -0.765. The first-order chi connectivity index (χ1) is 9.49. The van der Waals surface area contributed by atoms with Crippen LogP contribution in [0, 0.1) is 0 Å². The van der Waals surface area contributed by atoms with Crippen LogP contribution in [0.15, 0.2) is 6.20 Å². The summed E-state index contributed by atoms with van der Waals surface area (Å²) < 4.78 is 1.73. The van der Waals surface area contributed by atoms with Crippen molar-refractivity contribution in [1.82, 2.24) is 19.9 Å². The van der Waals surface area contributed by atoms with Gasteiger partial charge in [0.15, 0.2) is 0 Å². The third-order valence-electron chi connectivity index (χ3n) is 2.94. The summed E-state index contributed by atoms with van der Waals surface area (Å²) >= 11 is 0. The van der Waals surface area contributed by atoms with Crippen molar-refractivity contribution in [1.29, 1.82) is 0 Å². The van der Waals surface area contributed by atoms with Crippen LogP contribution in [0.1, 0.15) is 37.8 Å². The van der Waals surface area contributed by atoms with Gasteiger partial charge in [0.25, 0.3) is 0 Å². The molecule has 1 heterocycles. The van der Waals surface area contributed by atoms with E-state index in [-0.39, 0.29) is 12.3 Å². The summed E-state index contributed by atoms with van der Waals surface area (Å²) in [5, 5.41) is 16.6. The number of aliphatic carboxylic acids is 1. The minimum absolute atomic E-state index is 0.110. The molecule has 0 aliphatic rings. The van der Waals surface area contributed by atoms with E-state index in [9.17, 15) is 9.59 Å². The Bertz CT molecular complexity index is 443. The highest BCUT2D eigenvalue weighted by atomic mass is 16.4. The highest BCUT2D eigenvalue weighted by Crippen LogP contribution is 2.04. The van der Waals surface area contributed by atoms with E-state index in [0.29, 0.717) is 19.4 Å². The molecule has 1 amide bonds. The Morgan fingerprint density at radius 2 is 2.00 bits per heavy atom. The smallest absolute Gasteiger partial charge is 0.303 e. The van der Waals surface area contributed by atoms with Crippen LogP contribution in [0.4, 0.5) is 0 Å². The second kappa shape index (κ2) is 8.29. The fraction of sp³-hybridized carbons (Fsp3) is 0.692. The molecule has 0 spiro atoms. The fourth-order valence-electron chi connectivity index (χ4n) is 1.76. The van der Waals surface area contributed by atoms with E-state index in [2.05, 4.69) is 10.3 Å². The highest BCUT2D eigenvalue weighted by molar-refractivity contribution is 5.75. The molecule has 0 saturated carbocycles. The second-order valence-corrected chi connectivity index (χ2v) is 4.97. The summed E-state index contributed by atoms with van der Waals surface area (Å²) in [6.07, 6.45) is 5.48. The molecule has 0 aromatic carbocycles. The number of rotatable bonds is 9. The van der Waals surface area contributed by atoms with E-state index in [0.717, 1.165) is 25.0 Å². The molecule has 20 heavy (non-hydrogen) atoms. The Morgan fingerprint density at radius 3 is 2.65 bits per heavy atom. The molecule has 0 radical (unpaired) electrons. The lowest BCUT2D eigenvalue weighted by molar-refractivity contribution is -0.137. The van der Waals surface area contributed by atoms with Gasteiger partial charge in [0, 0.05) is 39.7 Å². The number of unbranched alkanes of at least 4 members (excludes halogenated alkanes) is 1. The number of carbonyl (C=O) groups is 2. The molecule has 1 rings (SSSR count). The van der Waals surface area contributed by atoms with Crippen LogP contribution in [-0.4, -0.2) is 51.0 Å². The molecule has 7 nitrogen and oxygen atoms in total. The summed E-state index contributed by atoms with van der Waals surface area (Å²) in [5.41, 5.74) is 0.870. The van der Waals surface area contributed by atoms with E-state index < -0.39 is 5.97 Å². The third-order valence-corrected chi connectivity index (χ3v) is 2.94. The van der Waals surface area contributed by atoms with Gasteiger partial charge in [-0.2, -0.15) is 0 Å². The number of amides is 1. The molecular weight excluding hydrogens is 260 g/mol. The van der Waals surface area contributed by atoms with Crippen molar-refractivity contribution in [2.24, 2.45) is 0 Å². The Morgan fingerprint density at radius 1 is 1.25 bits per heavy atom. The Hall–Kier alpha value is -1.92. The average molecular weight is 282 g/mol. The number of nitrogens with zero attached hydrogens (tertiary/aromatic N) is 4. The van der Waals surface area contributed by atoms with Crippen LogP contribution in [0.3, 0.4) is 0 Å². The quantitative estimate of drug-likeness (QED) is 0.681. The normalized spacial score (nSPS) is 10.5. The monoisotopic (exact) mass is 282 g/mol. The van der Waals surface area contributed by atoms with Gasteiger partial charge in [-0.25, -0.2) is 0 Å². The molecule has 0 aliphatic heterocycles. The second-order valence-electron chi connectivity index (χ2n) is 4.97. The Balaban J connectivity index is 2.22. The number of carboxylic acids is 1. The maximum atomic E-state index is 11.4. The van der Waals surface area contributed by atoms with E-state index in [1.54, 1.807) is 23.7 Å². The fourth-order valence-corrected chi connectivity index (χ4v) is 1.76. The number of aryl methyl sites for hydroxylation is 2. The lowest BCUT2D eigenvalue weighted by Gasteiger charge is -2.09. The van der Waals surface area contributed by atoms with Crippen molar-refractivity contribution >= 4 is 11.9 Å². The maximum Gasteiger partial charge on any atom is 0.303 e. The maximum absolute atomic E-state index is 11.4. The molecule has 0 atom stereocenters. The molecule has 7 heteroatoms. The van der Waals surface area contributed by atoms with Gasteiger partial charge in [-0.1, -0.05) is 5.21 Å². The zero-order valence-corrected chi connectivity index (χ0v) is 12.1. The SMILES string of the molecule is CN(C)C(=O)CCCn1cc(CCCCC(=O)O)nn1. The number of carbonyl (C=O) groups excluding carboxylic acids is 1. The first-order valence-corrected chi connectivity index (χ1v) is 6.80. The number of hydrogen-bond donors (Lipinski definition) is 1. The van der Waals surface area contributed by atoms with E-state index >= 15 is 0 Å². The molecule has 0 bridgehead atoms. The molecule has 1 aromatic rings. The number of hydrogen-bond acceptors (Lipinski definition) is 4. The average Bonchev–Trinajstić information content (AvgIpc) is 2.82. The summed E-state index contributed by atoms with van der Waals surface area (Å²) in [6, 6.07) is 0. The first-order valence-electron chi connectivity index (χ1n) is 6.80. The summed E-state index contributed by atoms with van der Waals surface area (Å²) in [6.45, 7) is 0.668. The molecule has 0 fully saturated rings. The van der Waals surface area contributed by atoms with Crippen molar-refractivity contribution in [3.8, 4) is 0 Å². The molecule has 1 N–H and O–H groups in total. The van der Waals surface area contributed by atoms with Gasteiger partial charge >= 0.3 is 5.97 Å². The van der Waals surface area contributed by atoms with Crippen molar-refractivity contribution < 1.29 is 14.7 Å². The van der Waals surface area contributed by atoms with Gasteiger partial charge in [0.1, 0.15) is 0 Å². The van der Waals surface area contributed by atoms with E-state index in [1.165, 1.54) is 0 Å². The summed E-state index contributed by atoms with van der Waals surface area (Å²) in [4.78, 5) is 23.4. The summed E-state index contributed by atoms with van der Waals surface area (Å²) in [5.74, 6) is -0.654. The molecule has 0 unspecified atom stereocenters. The van der Waals surface area contributed by atoms with Gasteiger partial charge in [-0.05, 0) is 25.7 Å². The topological polar surface area (TPSA) is 88.3 Å². The van der Waals surface area contributed by atoms with Crippen LogP contribution >= 0.6 is 0 Å². The van der Waals surface area contributed by atoms with Crippen LogP contribution < -0.4 is 0 Å². The van der Waals surface area contributed by atoms with Gasteiger partial charge < -0.3 is 10.0 Å². The van der Waals surface area contributed by atoms with Crippen LogP contribution in [0.5, 0.6) is 0 Å². The highest BCUT2D eigenvalue weighted by Gasteiger charge is 2.05. The van der Waals surface area contributed by atoms with E-state index in [1.807, 2.05) is 6.20 Å². The van der Waals surface area contributed by atoms with Gasteiger partial charge in [-0.15, -0.1) is 5.10 Å². The van der Waals surface area contributed by atoms with Gasteiger partial charge in [0.05, 0.1) is 5.69 Å². The van der Waals surface area contributed by atoms with Gasteiger partial charge in [-0.3, -0.25) is 14.3 Å². The van der Waals surface area contributed by atoms with Crippen molar-refractivity contribution in [2.45, 2.75) is 45.1 Å². The third kappa shape index (κ3) is 6.31. The predicted octanol–water partition coefficient (Wildman–Crippen LogP) is 0.944. The van der Waals surface area contributed by atoms with Crippen molar-refractivity contribution in [3.05, 3.63) is 11.9 Å². The Labute approximate surface area is 118 Å². The lowest BCUT2D eigenvalue weighted by atomic mass is 10.1. The molecule has 1 aromatic heterocycles. The minimum Gasteiger partial charge on any atom is -0.481 e. The molecular formula is C13H22N4O3. The number of aromatic nitrogens is 3. The Kier molecular flexibility index (Phi) is 6.69. The number of carboxylic acid groups (broad SMARTS) is 1. The zero-order valence-electron chi connectivity index (χ0n) is 12.1. The van der Waals surface area contributed by atoms with Crippen LogP contribution in [0.25, 0.3) is 0 Å². The van der Waals surface area contributed by atoms with Crippen LogP contribution in [0.2, 0.25) is 0 Å². The molecule has 0 saturated heterocycles. The molecule has 0 aliphatic carbocycles. The lowest BCUT2D eigenvalue weighted by Crippen LogP contribution is -2.21.